The lowest BCUT2D eigenvalue weighted by Crippen LogP contribution is -2.49. The third-order valence-electron chi connectivity index (χ3n) is 6.63. The fourth-order valence-corrected chi connectivity index (χ4v) is 4.72. The molecule has 2 atom stereocenters. The smallest absolute Gasteiger partial charge is 0.265 e. The Bertz CT molecular complexity index is 1020. The van der Waals surface area contributed by atoms with Gasteiger partial charge in [-0.15, -0.1) is 0 Å². The number of para-hydroxylation sites is 1. The highest BCUT2D eigenvalue weighted by molar-refractivity contribution is 6.11. The number of rotatable bonds is 7. The first-order chi connectivity index (χ1) is 15.4. The lowest BCUT2D eigenvalue weighted by molar-refractivity contribution is -0.136. The summed E-state index contributed by atoms with van der Waals surface area (Å²) in [7, 11) is 3.00. The van der Waals surface area contributed by atoms with E-state index >= 15 is 0 Å². The van der Waals surface area contributed by atoms with Crippen molar-refractivity contribution in [2.24, 2.45) is 0 Å². The van der Waals surface area contributed by atoms with E-state index in [1.165, 1.54) is 20.6 Å². The molecule has 0 aliphatic carbocycles. The Labute approximate surface area is 188 Å². The first-order valence-corrected chi connectivity index (χ1v) is 11.0. The SMILES string of the molecule is COc1ccc(C(=O)CC2(O)C(=O)N(CN3CCCCC3C)c3ccccc32)c(OC)c1. The number of piperidine rings is 1. The minimum absolute atomic E-state index is 0.301. The number of methoxy groups -OCH3 is 2. The van der Waals surface area contributed by atoms with Crippen LogP contribution in [0.4, 0.5) is 5.69 Å². The van der Waals surface area contributed by atoms with Crippen molar-refractivity contribution in [1.82, 2.24) is 4.90 Å². The summed E-state index contributed by atoms with van der Waals surface area (Å²) in [5.74, 6) is 0.0672. The van der Waals surface area contributed by atoms with Crippen molar-refractivity contribution < 1.29 is 24.2 Å². The van der Waals surface area contributed by atoms with Crippen LogP contribution in [0, 0.1) is 0 Å². The zero-order chi connectivity index (χ0) is 22.9. The summed E-state index contributed by atoms with van der Waals surface area (Å²) in [6, 6.07) is 12.4. The number of hydrogen-bond donors (Lipinski definition) is 1. The molecule has 0 radical (unpaired) electrons. The van der Waals surface area contributed by atoms with E-state index < -0.39 is 11.5 Å². The molecule has 0 aromatic heterocycles. The second kappa shape index (κ2) is 8.92. The molecular weight excluding hydrogens is 408 g/mol. The van der Waals surface area contributed by atoms with Crippen molar-refractivity contribution >= 4 is 17.4 Å². The van der Waals surface area contributed by atoms with Gasteiger partial charge >= 0.3 is 0 Å². The summed E-state index contributed by atoms with van der Waals surface area (Å²) in [5.41, 5.74) is -0.490. The highest BCUT2D eigenvalue weighted by Gasteiger charge is 2.51. The first kappa shape index (κ1) is 22.3. The average molecular weight is 439 g/mol. The molecule has 1 N–H and O–H groups in total. The Kier molecular flexibility index (Phi) is 6.22. The molecule has 0 bridgehead atoms. The molecule has 1 amide bonds. The van der Waals surface area contributed by atoms with Crippen LogP contribution in [0.3, 0.4) is 0 Å². The van der Waals surface area contributed by atoms with Gasteiger partial charge < -0.3 is 14.6 Å². The van der Waals surface area contributed by atoms with E-state index in [4.69, 9.17) is 9.47 Å². The van der Waals surface area contributed by atoms with Gasteiger partial charge in [-0.3, -0.25) is 19.4 Å². The Hall–Kier alpha value is -2.90. The number of aliphatic hydroxyl groups is 1. The minimum atomic E-state index is -1.92. The molecule has 2 unspecified atom stereocenters. The minimum Gasteiger partial charge on any atom is -0.497 e. The monoisotopic (exact) mass is 438 g/mol. The molecule has 2 aromatic carbocycles. The largest absolute Gasteiger partial charge is 0.497 e. The summed E-state index contributed by atoms with van der Waals surface area (Å²) in [5, 5.41) is 11.6. The molecule has 0 saturated carbocycles. The fourth-order valence-electron chi connectivity index (χ4n) is 4.72. The molecular formula is C25H30N2O5. The summed E-state index contributed by atoms with van der Waals surface area (Å²) < 4.78 is 10.5. The molecule has 2 aliphatic heterocycles. The van der Waals surface area contributed by atoms with Crippen LogP contribution in [0.15, 0.2) is 42.5 Å². The van der Waals surface area contributed by atoms with Crippen LogP contribution >= 0.6 is 0 Å². The van der Waals surface area contributed by atoms with Gasteiger partial charge in [0, 0.05) is 24.2 Å². The summed E-state index contributed by atoms with van der Waals surface area (Å²) in [4.78, 5) is 30.6. The van der Waals surface area contributed by atoms with E-state index in [1.54, 1.807) is 35.2 Å². The topological polar surface area (TPSA) is 79.3 Å². The van der Waals surface area contributed by atoms with E-state index in [0.29, 0.717) is 41.0 Å². The number of nitrogens with zero attached hydrogens (tertiary/aromatic N) is 2. The van der Waals surface area contributed by atoms with Crippen LogP contribution in [0.5, 0.6) is 11.5 Å². The maximum atomic E-state index is 13.5. The third-order valence-corrected chi connectivity index (χ3v) is 6.63. The number of anilines is 1. The van der Waals surface area contributed by atoms with E-state index in [2.05, 4.69) is 11.8 Å². The molecule has 1 saturated heterocycles. The van der Waals surface area contributed by atoms with Gasteiger partial charge in [0.1, 0.15) is 11.5 Å². The van der Waals surface area contributed by atoms with Gasteiger partial charge in [-0.05, 0) is 38.0 Å². The summed E-state index contributed by atoms with van der Waals surface area (Å²) in [6.07, 6.45) is 3.00. The quantitative estimate of drug-likeness (QED) is 0.668. The van der Waals surface area contributed by atoms with Gasteiger partial charge in [-0.25, -0.2) is 0 Å². The van der Waals surface area contributed by atoms with Crippen LogP contribution in [0.25, 0.3) is 0 Å². The summed E-state index contributed by atoms with van der Waals surface area (Å²) in [6.45, 7) is 3.48. The van der Waals surface area contributed by atoms with Crippen molar-refractivity contribution in [3.05, 3.63) is 53.6 Å². The standard InChI is InChI=1S/C25H30N2O5/c1-17-8-6-7-13-26(17)16-27-21-10-5-4-9-20(21)25(30,24(27)29)15-22(28)19-12-11-18(31-2)14-23(19)32-3/h4-5,9-12,14,17,30H,6-8,13,15-16H2,1-3H3. The van der Waals surface area contributed by atoms with Crippen molar-refractivity contribution in [2.45, 2.75) is 44.2 Å². The molecule has 1 fully saturated rings. The number of likely N-dealkylation sites (tertiary alicyclic amines) is 1. The van der Waals surface area contributed by atoms with Crippen LogP contribution in [-0.4, -0.2) is 55.2 Å². The Balaban J connectivity index is 1.64. The normalized spacial score (nSPS) is 23.2. The number of fused-ring (bicyclic) bond motifs is 1. The van der Waals surface area contributed by atoms with Gasteiger partial charge in [0.05, 0.1) is 38.6 Å². The van der Waals surface area contributed by atoms with Gasteiger partial charge in [0.15, 0.2) is 11.4 Å². The van der Waals surface area contributed by atoms with Gasteiger partial charge in [-0.1, -0.05) is 24.6 Å². The van der Waals surface area contributed by atoms with Crippen molar-refractivity contribution in [3.63, 3.8) is 0 Å². The van der Waals surface area contributed by atoms with Crippen molar-refractivity contribution in [3.8, 4) is 11.5 Å². The van der Waals surface area contributed by atoms with Gasteiger partial charge in [-0.2, -0.15) is 0 Å². The van der Waals surface area contributed by atoms with E-state index in [-0.39, 0.29) is 12.2 Å². The van der Waals surface area contributed by atoms with Crippen LogP contribution < -0.4 is 14.4 Å². The molecule has 2 aliphatic rings. The number of hydrogen-bond acceptors (Lipinski definition) is 6. The highest BCUT2D eigenvalue weighted by atomic mass is 16.5. The number of amides is 1. The highest BCUT2D eigenvalue weighted by Crippen LogP contribution is 2.43. The Morgan fingerprint density at radius 1 is 1.16 bits per heavy atom. The average Bonchev–Trinajstić information content (AvgIpc) is 3.01. The third kappa shape index (κ3) is 3.87. The van der Waals surface area contributed by atoms with Crippen LogP contribution in [-0.2, 0) is 10.4 Å². The van der Waals surface area contributed by atoms with E-state index in [1.807, 2.05) is 12.1 Å². The predicted molar refractivity (Wildman–Crippen MR) is 121 cm³/mol. The lowest BCUT2D eigenvalue weighted by Gasteiger charge is -2.36. The van der Waals surface area contributed by atoms with Gasteiger partial charge in [0.2, 0.25) is 0 Å². The lowest BCUT2D eigenvalue weighted by atomic mass is 9.88. The molecule has 0 spiro atoms. The van der Waals surface area contributed by atoms with Crippen molar-refractivity contribution in [1.29, 1.82) is 0 Å². The first-order valence-electron chi connectivity index (χ1n) is 11.0. The number of benzene rings is 2. The maximum Gasteiger partial charge on any atom is 0.265 e. The molecule has 4 rings (SSSR count). The molecule has 2 aromatic rings. The predicted octanol–water partition coefficient (Wildman–Crippen LogP) is 3.34. The van der Waals surface area contributed by atoms with E-state index in [0.717, 1.165) is 19.4 Å². The fraction of sp³-hybridized carbons (Fsp3) is 0.440. The number of ketones is 1. The Morgan fingerprint density at radius 2 is 1.94 bits per heavy atom. The summed E-state index contributed by atoms with van der Waals surface area (Å²) >= 11 is 0. The molecule has 7 heteroatoms. The number of carbonyl (C=O) groups is 2. The molecule has 7 nitrogen and oxygen atoms in total. The molecule has 32 heavy (non-hydrogen) atoms. The van der Waals surface area contributed by atoms with Gasteiger partial charge in [0.25, 0.3) is 5.91 Å². The maximum absolute atomic E-state index is 13.5. The van der Waals surface area contributed by atoms with Crippen molar-refractivity contribution in [2.75, 3.05) is 32.3 Å². The second-order valence-electron chi connectivity index (χ2n) is 8.58. The number of ether oxygens (including phenoxy) is 2. The second-order valence-corrected chi connectivity index (χ2v) is 8.58. The zero-order valence-corrected chi connectivity index (χ0v) is 18.8. The van der Waals surface area contributed by atoms with Crippen LogP contribution in [0.2, 0.25) is 0 Å². The van der Waals surface area contributed by atoms with Crippen LogP contribution in [0.1, 0.15) is 48.5 Å². The van der Waals surface area contributed by atoms with E-state index in [9.17, 15) is 14.7 Å². The number of carbonyl (C=O) groups excluding carboxylic acids is 2. The molecule has 170 valence electrons. The number of Topliss-reactive ketones (excluding diaryl/α,β-unsaturated/α-hetero) is 1. The Morgan fingerprint density at radius 3 is 2.66 bits per heavy atom. The molecule has 2 heterocycles. The zero-order valence-electron chi connectivity index (χ0n) is 18.8.